The van der Waals surface area contributed by atoms with Crippen LogP contribution in [-0.2, 0) is 4.79 Å². The van der Waals surface area contributed by atoms with Crippen LogP contribution in [-0.4, -0.2) is 61.5 Å². The molecule has 6 heteroatoms. The average molecular weight is 324 g/mol. The molecular formula is C15H37N2O3P. The zero-order chi connectivity index (χ0) is 16.7. The van der Waals surface area contributed by atoms with Gasteiger partial charge in [0.2, 0.25) is 0 Å². The van der Waals surface area contributed by atoms with E-state index >= 15 is 0 Å². The Morgan fingerprint density at radius 2 is 1.62 bits per heavy atom. The van der Waals surface area contributed by atoms with Crippen molar-refractivity contribution in [1.29, 1.82) is 0 Å². The van der Waals surface area contributed by atoms with Gasteiger partial charge in [-0.3, -0.25) is 4.79 Å². The summed E-state index contributed by atoms with van der Waals surface area (Å²) >= 11 is 0. The number of nitrogens with two attached hydrogens (primary N) is 2. The van der Waals surface area contributed by atoms with Crippen LogP contribution in [0.3, 0.4) is 0 Å². The Hall–Kier alpha value is -0.220. The van der Waals surface area contributed by atoms with Crippen molar-refractivity contribution in [2.24, 2.45) is 11.5 Å². The van der Waals surface area contributed by atoms with Crippen molar-refractivity contribution in [3.05, 3.63) is 0 Å². The molecule has 6 N–H and O–H groups in total. The molecule has 0 aromatic heterocycles. The van der Waals surface area contributed by atoms with Crippen LogP contribution in [0.5, 0.6) is 0 Å². The summed E-state index contributed by atoms with van der Waals surface area (Å²) in [5.41, 5.74) is 10.4. The first-order chi connectivity index (χ1) is 9.74. The van der Waals surface area contributed by atoms with Crippen LogP contribution in [0.4, 0.5) is 0 Å². The van der Waals surface area contributed by atoms with Gasteiger partial charge in [-0.25, -0.2) is 0 Å². The molecule has 0 aliphatic heterocycles. The Morgan fingerprint density at radius 3 is 2.05 bits per heavy atom. The number of rotatable bonds is 11. The van der Waals surface area contributed by atoms with Crippen LogP contribution in [0.25, 0.3) is 0 Å². The first-order valence-corrected chi connectivity index (χ1v) is 11.7. The molecule has 0 spiro atoms. The number of aliphatic carboxylic acids is 1. The van der Waals surface area contributed by atoms with Crippen LogP contribution in [0.1, 0.15) is 44.9 Å². The second kappa shape index (κ2) is 14.7. The molecule has 0 aliphatic carbocycles. The van der Waals surface area contributed by atoms with Crippen LogP contribution in [0, 0.1) is 0 Å². The van der Waals surface area contributed by atoms with E-state index in [0.717, 1.165) is 19.3 Å². The number of carboxylic acids is 1. The van der Waals surface area contributed by atoms with Gasteiger partial charge >= 0.3 is 76.8 Å². The van der Waals surface area contributed by atoms with Gasteiger partial charge in [-0.1, -0.05) is 6.42 Å². The number of carbonyl (C=O) groups is 1. The smallest absolute Gasteiger partial charge is 0.320 e. The van der Waals surface area contributed by atoms with Gasteiger partial charge in [-0.2, -0.15) is 0 Å². The predicted molar refractivity (Wildman–Crippen MR) is 95.0 cm³/mol. The first-order valence-electron chi connectivity index (χ1n) is 8.04. The van der Waals surface area contributed by atoms with Crippen LogP contribution >= 0.6 is 7.26 Å². The predicted octanol–water partition coefficient (Wildman–Crippen LogP) is 1.71. The molecule has 0 aliphatic rings. The fourth-order valence-electron chi connectivity index (χ4n) is 1.75. The van der Waals surface area contributed by atoms with Crippen molar-refractivity contribution < 1.29 is 15.0 Å². The first kappa shape index (κ1) is 23.1. The zero-order valence-electron chi connectivity index (χ0n) is 14.1. The summed E-state index contributed by atoms with van der Waals surface area (Å²) in [6.07, 6.45) is 8.49. The number of carboxylic acid groups (broad SMARTS) is 1. The van der Waals surface area contributed by atoms with Crippen molar-refractivity contribution in [1.82, 2.24) is 0 Å². The average Bonchev–Trinajstić information content (AvgIpc) is 2.38. The second-order valence-corrected chi connectivity index (χ2v) is 12.3. The largest absolute Gasteiger partial charge is 0.480 e. The van der Waals surface area contributed by atoms with E-state index in [9.17, 15) is 4.79 Å². The maximum atomic E-state index is 10.1. The third-order valence-corrected chi connectivity index (χ3v) is 4.97. The Balaban J connectivity index is 0. The quantitative estimate of drug-likeness (QED) is 0.342. The summed E-state index contributed by atoms with van der Waals surface area (Å²) in [7, 11) is -0.780. The van der Waals surface area contributed by atoms with Crippen molar-refractivity contribution in [3.8, 4) is 0 Å². The maximum absolute atomic E-state index is 10.1. The van der Waals surface area contributed by atoms with Crippen LogP contribution < -0.4 is 11.5 Å². The molecule has 0 radical (unpaired) electrons. The van der Waals surface area contributed by atoms with E-state index in [1.165, 1.54) is 25.4 Å². The third kappa shape index (κ3) is 22.2. The minimum Gasteiger partial charge on any atom is -0.480 e. The minimum atomic E-state index is -0.933. The monoisotopic (exact) mass is 324 g/mol. The van der Waals surface area contributed by atoms with Gasteiger partial charge < -0.3 is 16.6 Å². The Labute approximate surface area is 130 Å². The number of aliphatic hydroxyl groups is 1. The molecule has 0 fully saturated rings. The van der Waals surface area contributed by atoms with Gasteiger partial charge in [-0.15, -0.1) is 0 Å². The third-order valence-electron chi connectivity index (χ3n) is 3.12. The molecule has 0 heterocycles. The van der Waals surface area contributed by atoms with Crippen molar-refractivity contribution in [2.75, 3.05) is 39.3 Å². The van der Waals surface area contributed by atoms with E-state index in [-0.39, 0.29) is 0 Å². The SMILES string of the molecule is C[PH](C)(C)CCCCCCO.NCCCCC(N)C(=O)O. The maximum Gasteiger partial charge on any atom is 0.320 e. The summed E-state index contributed by atoms with van der Waals surface area (Å²) in [6.45, 7) is 8.22. The molecule has 0 bridgehead atoms. The van der Waals surface area contributed by atoms with Gasteiger partial charge in [0.15, 0.2) is 0 Å². The van der Waals surface area contributed by atoms with Gasteiger partial charge in [0.1, 0.15) is 6.04 Å². The van der Waals surface area contributed by atoms with E-state index in [1.54, 1.807) is 0 Å². The van der Waals surface area contributed by atoms with Crippen molar-refractivity contribution in [2.45, 2.75) is 51.0 Å². The summed E-state index contributed by atoms with van der Waals surface area (Å²) in [5, 5.41) is 16.9. The van der Waals surface area contributed by atoms with E-state index in [4.69, 9.17) is 21.7 Å². The molecule has 1 atom stereocenters. The molecular weight excluding hydrogens is 287 g/mol. The molecule has 0 saturated carbocycles. The van der Waals surface area contributed by atoms with Crippen LogP contribution in [0.15, 0.2) is 0 Å². The molecule has 130 valence electrons. The van der Waals surface area contributed by atoms with E-state index in [0.29, 0.717) is 19.6 Å². The molecule has 21 heavy (non-hydrogen) atoms. The number of aliphatic hydroxyl groups excluding tert-OH is 1. The number of hydrogen-bond donors (Lipinski definition) is 4. The second-order valence-electron chi connectivity index (χ2n) is 6.68. The number of unbranched alkanes of at least 4 members (excludes halogenated alkanes) is 4. The molecule has 5 nitrogen and oxygen atoms in total. The molecule has 0 amide bonds. The van der Waals surface area contributed by atoms with E-state index < -0.39 is 19.3 Å². The van der Waals surface area contributed by atoms with Gasteiger partial charge in [0.05, 0.1) is 0 Å². The molecule has 0 aromatic rings. The minimum absolute atomic E-state index is 0.368. The normalized spacial score (nSPS) is 13.2. The summed E-state index contributed by atoms with van der Waals surface area (Å²) in [6, 6.07) is -0.716. The van der Waals surface area contributed by atoms with Gasteiger partial charge in [-0.05, 0) is 19.4 Å². The number of hydrogen-bond acceptors (Lipinski definition) is 4. The summed E-state index contributed by atoms with van der Waals surface area (Å²) < 4.78 is 0. The Morgan fingerprint density at radius 1 is 1.05 bits per heavy atom. The van der Waals surface area contributed by atoms with E-state index in [1.807, 2.05) is 0 Å². The summed E-state index contributed by atoms with van der Waals surface area (Å²) in [4.78, 5) is 10.1. The van der Waals surface area contributed by atoms with Gasteiger partial charge in [0, 0.05) is 0 Å². The Kier molecular flexibility index (Phi) is 16.1. The topological polar surface area (TPSA) is 110 Å². The van der Waals surface area contributed by atoms with E-state index in [2.05, 4.69) is 20.0 Å². The molecule has 1 unspecified atom stereocenters. The fourth-order valence-corrected chi connectivity index (χ4v) is 3.06. The standard InChI is InChI=1S/C9H23OP.C6H14N2O2/c1-11(2,3)9-7-5-4-6-8-10;7-4-2-1-3-5(8)6(9)10/h10-11H,4-9H2,1-3H3;5H,1-4,7-8H2,(H,9,10). The molecule has 0 aromatic carbocycles. The van der Waals surface area contributed by atoms with Gasteiger partial charge in [0.25, 0.3) is 0 Å². The summed E-state index contributed by atoms with van der Waals surface area (Å²) in [5.74, 6) is -0.933. The fraction of sp³-hybridized carbons (Fsp3) is 0.933. The van der Waals surface area contributed by atoms with Crippen molar-refractivity contribution in [3.63, 3.8) is 0 Å². The van der Waals surface area contributed by atoms with Crippen molar-refractivity contribution >= 4 is 13.2 Å². The molecule has 0 saturated heterocycles. The van der Waals surface area contributed by atoms with Crippen LogP contribution in [0.2, 0.25) is 0 Å². The zero-order valence-corrected chi connectivity index (χ0v) is 15.1. The Bertz CT molecular complexity index is 246. The molecule has 0 rings (SSSR count).